The summed E-state index contributed by atoms with van der Waals surface area (Å²) in [6, 6.07) is 17.0. The second-order valence-corrected chi connectivity index (χ2v) is 4.60. The monoisotopic (exact) mass is 236 g/mol. The van der Waals surface area contributed by atoms with Crippen molar-refractivity contribution in [3.05, 3.63) is 65.2 Å². The van der Waals surface area contributed by atoms with Gasteiger partial charge in [0.05, 0.1) is 7.11 Å². The highest BCUT2D eigenvalue weighted by Gasteiger charge is 2.11. The van der Waals surface area contributed by atoms with Crippen LogP contribution in [0.2, 0.25) is 0 Å². The molecule has 1 nitrogen and oxygen atoms in total. The first-order valence-corrected chi connectivity index (χ1v) is 6.30. The minimum absolute atomic E-state index is 0.913. The van der Waals surface area contributed by atoms with Crippen molar-refractivity contribution in [3.63, 3.8) is 0 Å². The van der Waals surface area contributed by atoms with Gasteiger partial charge in [-0.05, 0) is 47.2 Å². The Morgan fingerprint density at radius 2 is 1.67 bits per heavy atom. The summed E-state index contributed by atoms with van der Waals surface area (Å²) < 4.78 is 5.19. The maximum Gasteiger partial charge on any atom is 0.118 e. The first-order chi connectivity index (χ1) is 8.86. The molecule has 0 fully saturated rings. The van der Waals surface area contributed by atoms with Crippen LogP contribution in [-0.2, 0) is 6.42 Å². The van der Waals surface area contributed by atoms with Gasteiger partial charge in [-0.25, -0.2) is 0 Å². The van der Waals surface area contributed by atoms with Crippen molar-refractivity contribution in [3.8, 4) is 5.75 Å². The molecular formula is C17H16O. The lowest BCUT2D eigenvalue weighted by atomic mass is 9.89. The normalized spacial score (nSPS) is 13.7. The van der Waals surface area contributed by atoms with Gasteiger partial charge in [0.25, 0.3) is 0 Å². The van der Waals surface area contributed by atoms with Crippen LogP contribution < -0.4 is 4.74 Å². The molecule has 0 N–H and O–H groups in total. The van der Waals surface area contributed by atoms with E-state index in [-0.39, 0.29) is 0 Å². The minimum atomic E-state index is 0.913. The van der Waals surface area contributed by atoms with E-state index in [2.05, 4.69) is 42.5 Å². The molecule has 2 aromatic carbocycles. The molecular weight excluding hydrogens is 220 g/mol. The Morgan fingerprint density at radius 1 is 0.889 bits per heavy atom. The van der Waals surface area contributed by atoms with Crippen molar-refractivity contribution in [2.24, 2.45) is 0 Å². The number of fused-ring (bicyclic) bond motifs is 1. The zero-order chi connectivity index (χ0) is 12.4. The number of aryl methyl sites for hydroxylation is 1. The highest BCUT2D eigenvalue weighted by atomic mass is 16.5. The zero-order valence-corrected chi connectivity index (χ0v) is 10.5. The third-order valence-corrected chi connectivity index (χ3v) is 3.51. The molecule has 0 aromatic heterocycles. The fraction of sp³-hybridized carbons (Fsp3) is 0.176. The third kappa shape index (κ3) is 2.04. The molecule has 0 amide bonds. The van der Waals surface area contributed by atoms with Gasteiger partial charge >= 0.3 is 0 Å². The van der Waals surface area contributed by atoms with Gasteiger partial charge < -0.3 is 4.74 Å². The molecule has 0 bridgehead atoms. The first kappa shape index (κ1) is 11.1. The van der Waals surface area contributed by atoms with Gasteiger partial charge in [0.15, 0.2) is 0 Å². The molecule has 18 heavy (non-hydrogen) atoms. The molecule has 1 aliphatic carbocycles. The van der Waals surface area contributed by atoms with Crippen molar-refractivity contribution < 1.29 is 4.74 Å². The Kier molecular flexibility index (Phi) is 2.89. The molecule has 90 valence electrons. The standard InChI is InChI=1S/C17H16O/c1-18-17-10-8-14(9-11-17)16-7-6-13-4-2-3-5-15(13)12-16/h2-5,8-12H,6-7H2,1H3. The van der Waals surface area contributed by atoms with E-state index in [0.717, 1.165) is 18.6 Å². The molecule has 2 aromatic rings. The fourth-order valence-electron chi connectivity index (χ4n) is 2.46. The predicted octanol–water partition coefficient (Wildman–Crippen LogP) is 4.18. The number of benzene rings is 2. The molecule has 0 heterocycles. The van der Waals surface area contributed by atoms with E-state index < -0.39 is 0 Å². The smallest absolute Gasteiger partial charge is 0.118 e. The molecule has 0 atom stereocenters. The summed E-state index contributed by atoms with van der Waals surface area (Å²) in [6.07, 6.45) is 4.55. The summed E-state index contributed by atoms with van der Waals surface area (Å²) in [5.41, 5.74) is 5.52. The van der Waals surface area contributed by atoms with Crippen LogP contribution in [0.3, 0.4) is 0 Å². The van der Waals surface area contributed by atoms with E-state index in [9.17, 15) is 0 Å². The predicted molar refractivity (Wildman–Crippen MR) is 75.6 cm³/mol. The maximum atomic E-state index is 5.19. The van der Waals surface area contributed by atoms with Crippen molar-refractivity contribution in [2.45, 2.75) is 12.8 Å². The lowest BCUT2D eigenvalue weighted by Gasteiger charge is -2.16. The van der Waals surface area contributed by atoms with Crippen LogP contribution in [0.1, 0.15) is 23.1 Å². The van der Waals surface area contributed by atoms with Crippen molar-refractivity contribution in [2.75, 3.05) is 7.11 Å². The topological polar surface area (TPSA) is 9.23 Å². The van der Waals surface area contributed by atoms with Gasteiger partial charge in [-0.1, -0.05) is 42.5 Å². The number of allylic oxidation sites excluding steroid dienone is 1. The van der Waals surface area contributed by atoms with Crippen molar-refractivity contribution in [1.29, 1.82) is 0 Å². The maximum absolute atomic E-state index is 5.19. The van der Waals surface area contributed by atoms with E-state index >= 15 is 0 Å². The minimum Gasteiger partial charge on any atom is -0.497 e. The fourth-order valence-corrected chi connectivity index (χ4v) is 2.46. The van der Waals surface area contributed by atoms with E-state index in [0.29, 0.717) is 0 Å². The summed E-state index contributed by atoms with van der Waals surface area (Å²) >= 11 is 0. The van der Waals surface area contributed by atoms with Crippen molar-refractivity contribution >= 4 is 11.6 Å². The van der Waals surface area contributed by atoms with Crippen LogP contribution in [0.25, 0.3) is 11.6 Å². The van der Waals surface area contributed by atoms with Crippen LogP contribution in [-0.4, -0.2) is 7.11 Å². The Bertz CT molecular complexity index is 579. The highest BCUT2D eigenvalue weighted by molar-refractivity contribution is 5.84. The number of hydrogen-bond acceptors (Lipinski definition) is 1. The van der Waals surface area contributed by atoms with Crippen LogP contribution in [0.15, 0.2) is 48.5 Å². The second-order valence-electron chi connectivity index (χ2n) is 4.60. The van der Waals surface area contributed by atoms with E-state index in [1.165, 1.54) is 22.3 Å². The number of hydrogen-bond donors (Lipinski definition) is 0. The Morgan fingerprint density at radius 3 is 2.44 bits per heavy atom. The lowest BCUT2D eigenvalue weighted by molar-refractivity contribution is 0.415. The summed E-state index contributed by atoms with van der Waals surface area (Å²) in [5, 5.41) is 0. The van der Waals surface area contributed by atoms with Crippen LogP contribution in [0.5, 0.6) is 5.75 Å². The zero-order valence-electron chi connectivity index (χ0n) is 10.5. The first-order valence-electron chi connectivity index (χ1n) is 6.30. The van der Waals surface area contributed by atoms with Gasteiger partial charge in [-0.15, -0.1) is 0 Å². The Labute approximate surface area is 108 Å². The molecule has 1 heteroatoms. The molecule has 0 unspecified atom stereocenters. The summed E-state index contributed by atoms with van der Waals surface area (Å²) in [5.74, 6) is 0.913. The Hall–Kier alpha value is -2.02. The average molecular weight is 236 g/mol. The average Bonchev–Trinajstić information content (AvgIpc) is 2.47. The van der Waals surface area contributed by atoms with E-state index in [1.54, 1.807) is 7.11 Å². The van der Waals surface area contributed by atoms with Gasteiger partial charge in [-0.2, -0.15) is 0 Å². The molecule has 0 saturated carbocycles. The van der Waals surface area contributed by atoms with Gasteiger partial charge in [0, 0.05) is 0 Å². The Balaban J connectivity index is 1.96. The highest BCUT2D eigenvalue weighted by Crippen LogP contribution is 2.30. The largest absolute Gasteiger partial charge is 0.497 e. The van der Waals surface area contributed by atoms with Gasteiger partial charge in [0.1, 0.15) is 5.75 Å². The van der Waals surface area contributed by atoms with E-state index in [4.69, 9.17) is 4.74 Å². The number of rotatable bonds is 2. The molecule has 0 aliphatic heterocycles. The number of ether oxygens (including phenoxy) is 1. The quantitative estimate of drug-likeness (QED) is 0.760. The number of methoxy groups -OCH3 is 1. The van der Waals surface area contributed by atoms with Crippen LogP contribution >= 0.6 is 0 Å². The second kappa shape index (κ2) is 4.69. The SMILES string of the molecule is COc1ccc(C2=Cc3ccccc3CC2)cc1. The summed E-state index contributed by atoms with van der Waals surface area (Å²) in [7, 11) is 1.70. The molecule has 3 rings (SSSR count). The van der Waals surface area contributed by atoms with Crippen molar-refractivity contribution in [1.82, 2.24) is 0 Å². The molecule has 0 spiro atoms. The summed E-state index contributed by atoms with van der Waals surface area (Å²) in [6.45, 7) is 0. The third-order valence-electron chi connectivity index (χ3n) is 3.51. The molecule has 0 saturated heterocycles. The summed E-state index contributed by atoms with van der Waals surface area (Å²) in [4.78, 5) is 0. The van der Waals surface area contributed by atoms with E-state index in [1.807, 2.05) is 12.1 Å². The van der Waals surface area contributed by atoms with Gasteiger partial charge in [-0.3, -0.25) is 0 Å². The van der Waals surface area contributed by atoms with Crippen LogP contribution in [0.4, 0.5) is 0 Å². The van der Waals surface area contributed by atoms with Gasteiger partial charge in [0.2, 0.25) is 0 Å². The molecule has 0 radical (unpaired) electrons. The lowest BCUT2D eigenvalue weighted by Crippen LogP contribution is -1.98. The van der Waals surface area contributed by atoms with Crippen LogP contribution in [0, 0.1) is 0 Å². The molecule has 1 aliphatic rings.